The van der Waals surface area contributed by atoms with Crippen molar-refractivity contribution >= 4 is 15.9 Å². The molecule has 190 valence electrons. The van der Waals surface area contributed by atoms with Gasteiger partial charge < -0.3 is 10.1 Å². The third-order valence-electron chi connectivity index (χ3n) is 6.67. The smallest absolute Gasteiger partial charge is 0.251 e. The van der Waals surface area contributed by atoms with Crippen LogP contribution in [0.25, 0.3) is 0 Å². The Morgan fingerprint density at radius 1 is 0.857 bits per heavy atom. The van der Waals surface area contributed by atoms with Crippen molar-refractivity contribution in [3.05, 3.63) is 70.8 Å². The first kappa shape index (κ1) is 25.8. The van der Waals surface area contributed by atoms with Gasteiger partial charge in [0.05, 0.1) is 19.0 Å². The van der Waals surface area contributed by atoms with Crippen molar-refractivity contribution in [3.63, 3.8) is 0 Å². The van der Waals surface area contributed by atoms with Gasteiger partial charge in [0.15, 0.2) is 0 Å². The summed E-state index contributed by atoms with van der Waals surface area (Å²) in [6.45, 7) is 9.79. The summed E-state index contributed by atoms with van der Waals surface area (Å²) in [5, 5.41) is 3.03. The monoisotopic (exact) mass is 500 g/mol. The van der Waals surface area contributed by atoms with Gasteiger partial charge in [0, 0.05) is 64.5 Å². The minimum Gasteiger partial charge on any atom is -0.379 e. The third kappa shape index (κ3) is 7.35. The number of benzene rings is 2. The lowest BCUT2D eigenvalue weighted by molar-refractivity contribution is 0.0342. The van der Waals surface area contributed by atoms with Crippen molar-refractivity contribution in [1.82, 2.24) is 19.4 Å². The highest BCUT2D eigenvalue weighted by Crippen LogP contribution is 2.14. The fourth-order valence-electron chi connectivity index (χ4n) is 4.51. The van der Waals surface area contributed by atoms with Gasteiger partial charge in [0.1, 0.15) is 0 Å². The minimum absolute atomic E-state index is 0.0893. The average Bonchev–Trinajstić information content (AvgIpc) is 2.89. The van der Waals surface area contributed by atoms with E-state index in [1.807, 2.05) is 36.4 Å². The van der Waals surface area contributed by atoms with Gasteiger partial charge in [-0.15, -0.1) is 0 Å². The predicted octanol–water partition coefficient (Wildman–Crippen LogP) is 1.92. The second-order valence-electron chi connectivity index (χ2n) is 9.16. The standard InChI is InChI=1S/C26H36N4O4S/c1-2-35(32,33)30-12-10-28(11-13-30)20-22-6-8-25(9-7-22)26(31)27-19-23-4-3-5-24(18-23)21-29-14-16-34-17-15-29/h3-9,18H,2,10-17,19-21H2,1H3,(H,27,31). The van der Waals surface area contributed by atoms with Crippen LogP contribution in [0.5, 0.6) is 0 Å². The molecule has 9 heteroatoms. The quantitative estimate of drug-likeness (QED) is 0.567. The molecule has 0 bridgehead atoms. The molecule has 2 aromatic rings. The van der Waals surface area contributed by atoms with E-state index in [0.29, 0.717) is 38.3 Å². The van der Waals surface area contributed by atoms with Gasteiger partial charge in [-0.05, 0) is 35.7 Å². The van der Waals surface area contributed by atoms with Crippen LogP contribution >= 0.6 is 0 Å². The largest absolute Gasteiger partial charge is 0.379 e. The Morgan fingerprint density at radius 3 is 2.17 bits per heavy atom. The van der Waals surface area contributed by atoms with Crippen molar-refractivity contribution in [3.8, 4) is 0 Å². The maximum Gasteiger partial charge on any atom is 0.251 e. The van der Waals surface area contributed by atoms with Gasteiger partial charge in [0.2, 0.25) is 10.0 Å². The summed E-state index contributed by atoms with van der Waals surface area (Å²) in [5.74, 6) is 0.0599. The van der Waals surface area contributed by atoms with E-state index < -0.39 is 10.0 Å². The van der Waals surface area contributed by atoms with Crippen LogP contribution in [0.4, 0.5) is 0 Å². The molecule has 8 nitrogen and oxygen atoms in total. The van der Waals surface area contributed by atoms with Crippen molar-refractivity contribution in [1.29, 1.82) is 0 Å². The van der Waals surface area contributed by atoms with Crippen molar-refractivity contribution < 1.29 is 17.9 Å². The summed E-state index contributed by atoms with van der Waals surface area (Å²) >= 11 is 0. The molecule has 0 atom stereocenters. The highest BCUT2D eigenvalue weighted by atomic mass is 32.2. The Labute approximate surface area is 208 Å². The van der Waals surface area contributed by atoms with Crippen LogP contribution in [0, 0.1) is 0 Å². The van der Waals surface area contributed by atoms with Gasteiger partial charge in [0.25, 0.3) is 5.91 Å². The van der Waals surface area contributed by atoms with Crippen molar-refractivity contribution in [2.24, 2.45) is 0 Å². The van der Waals surface area contributed by atoms with Crippen LogP contribution in [-0.4, -0.2) is 86.7 Å². The predicted molar refractivity (Wildman–Crippen MR) is 136 cm³/mol. The molecule has 2 heterocycles. The number of hydrogen-bond donors (Lipinski definition) is 1. The Kier molecular flexibility index (Phi) is 8.91. The topological polar surface area (TPSA) is 82.2 Å². The zero-order valence-electron chi connectivity index (χ0n) is 20.5. The van der Waals surface area contributed by atoms with E-state index >= 15 is 0 Å². The average molecular weight is 501 g/mol. The van der Waals surface area contributed by atoms with E-state index in [9.17, 15) is 13.2 Å². The molecular weight excluding hydrogens is 464 g/mol. The molecule has 1 amide bonds. The van der Waals surface area contributed by atoms with Crippen molar-refractivity contribution in [2.75, 3.05) is 58.2 Å². The highest BCUT2D eigenvalue weighted by Gasteiger charge is 2.25. The van der Waals surface area contributed by atoms with Gasteiger partial charge in [-0.3, -0.25) is 14.6 Å². The minimum atomic E-state index is -3.11. The second kappa shape index (κ2) is 12.1. The van der Waals surface area contributed by atoms with E-state index in [-0.39, 0.29) is 11.7 Å². The Morgan fingerprint density at radius 2 is 1.49 bits per heavy atom. The summed E-state index contributed by atoms with van der Waals surface area (Å²) in [6, 6.07) is 16.0. The number of nitrogens with zero attached hydrogens (tertiary/aromatic N) is 3. The number of carbonyl (C=O) groups is 1. The molecular formula is C26H36N4O4S. The number of ether oxygens (including phenoxy) is 1. The fourth-order valence-corrected chi connectivity index (χ4v) is 5.59. The van der Waals surface area contributed by atoms with Gasteiger partial charge >= 0.3 is 0 Å². The molecule has 0 spiro atoms. The maximum absolute atomic E-state index is 12.7. The Bertz CT molecular complexity index is 1080. The first-order chi connectivity index (χ1) is 16.9. The normalized spacial score (nSPS) is 18.4. The van der Waals surface area contributed by atoms with E-state index in [1.165, 1.54) is 5.56 Å². The summed E-state index contributed by atoms with van der Waals surface area (Å²) in [6.07, 6.45) is 0. The molecule has 0 aromatic heterocycles. The van der Waals surface area contributed by atoms with Crippen LogP contribution < -0.4 is 5.32 Å². The molecule has 0 aliphatic carbocycles. The molecule has 35 heavy (non-hydrogen) atoms. The lowest BCUT2D eigenvalue weighted by Crippen LogP contribution is -2.48. The summed E-state index contributed by atoms with van der Waals surface area (Å²) in [5.41, 5.74) is 4.09. The fraction of sp³-hybridized carbons (Fsp3) is 0.500. The van der Waals surface area contributed by atoms with Crippen LogP contribution in [0.1, 0.15) is 34.0 Å². The van der Waals surface area contributed by atoms with Gasteiger partial charge in [-0.25, -0.2) is 8.42 Å². The lowest BCUT2D eigenvalue weighted by Gasteiger charge is -2.33. The lowest BCUT2D eigenvalue weighted by atomic mass is 10.1. The maximum atomic E-state index is 12.7. The van der Waals surface area contributed by atoms with Crippen LogP contribution in [-0.2, 0) is 34.4 Å². The molecule has 2 aromatic carbocycles. The molecule has 2 saturated heterocycles. The molecule has 4 rings (SSSR count). The molecule has 2 aliphatic rings. The summed E-state index contributed by atoms with van der Waals surface area (Å²) < 4.78 is 31.0. The number of morpholine rings is 1. The zero-order chi connectivity index (χ0) is 24.7. The molecule has 0 radical (unpaired) electrons. The number of piperazine rings is 1. The summed E-state index contributed by atoms with van der Waals surface area (Å²) in [4.78, 5) is 17.3. The zero-order valence-corrected chi connectivity index (χ0v) is 21.3. The van der Waals surface area contributed by atoms with Gasteiger partial charge in [-0.2, -0.15) is 4.31 Å². The number of hydrogen-bond acceptors (Lipinski definition) is 6. The first-order valence-electron chi connectivity index (χ1n) is 12.4. The summed E-state index contributed by atoms with van der Waals surface area (Å²) in [7, 11) is -3.11. The Balaban J connectivity index is 1.24. The van der Waals surface area contributed by atoms with E-state index in [1.54, 1.807) is 11.2 Å². The number of amides is 1. The molecule has 2 aliphatic heterocycles. The number of nitrogens with one attached hydrogen (secondary N) is 1. The van der Waals surface area contributed by atoms with Crippen LogP contribution in [0.2, 0.25) is 0 Å². The van der Waals surface area contributed by atoms with E-state index in [0.717, 1.165) is 50.5 Å². The molecule has 0 saturated carbocycles. The first-order valence-corrected chi connectivity index (χ1v) is 14.0. The van der Waals surface area contributed by atoms with E-state index in [4.69, 9.17) is 4.74 Å². The van der Waals surface area contributed by atoms with Crippen molar-refractivity contribution in [2.45, 2.75) is 26.6 Å². The van der Waals surface area contributed by atoms with Crippen LogP contribution in [0.15, 0.2) is 48.5 Å². The second-order valence-corrected chi connectivity index (χ2v) is 11.4. The molecule has 0 unspecified atom stereocenters. The molecule has 1 N–H and O–H groups in total. The number of carbonyl (C=O) groups excluding carboxylic acids is 1. The number of sulfonamides is 1. The van der Waals surface area contributed by atoms with Gasteiger partial charge in [-0.1, -0.05) is 36.4 Å². The highest BCUT2D eigenvalue weighted by molar-refractivity contribution is 7.89. The third-order valence-corrected chi connectivity index (χ3v) is 8.55. The Hall–Kier alpha value is -2.30. The van der Waals surface area contributed by atoms with Crippen LogP contribution in [0.3, 0.4) is 0 Å². The molecule has 2 fully saturated rings. The number of rotatable bonds is 9. The SMILES string of the molecule is CCS(=O)(=O)N1CCN(Cc2ccc(C(=O)NCc3cccc(CN4CCOCC4)c3)cc2)CC1. The van der Waals surface area contributed by atoms with E-state index in [2.05, 4.69) is 27.2 Å².